The molecule has 0 aromatic carbocycles. The summed E-state index contributed by atoms with van der Waals surface area (Å²) in [5.74, 6) is 0.676. The third kappa shape index (κ3) is 3.87. The molecule has 1 unspecified atom stereocenters. The molecule has 0 fully saturated rings. The van der Waals surface area contributed by atoms with Crippen molar-refractivity contribution in [3.05, 3.63) is 15.6 Å². The van der Waals surface area contributed by atoms with Crippen LogP contribution in [-0.2, 0) is 6.54 Å². The van der Waals surface area contributed by atoms with Gasteiger partial charge in [-0.3, -0.25) is 0 Å². The van der Waals surface area contributed by atoms with E-state index in [1.807, 2.05) is 0 Å². The standard InChI is InChI=1S/C13H24N2S/c1-9(13(4,5)6)7-14-8-12-15-10(2)11(3)16-12/h9,14H,7-8H2,1-6H3. The maximum Gasteiger partial charge on any atom is 0.107 e. The van der Waals surface area contributed by atoms with Gasteiger partial charge in [-0.05, 0) is 31.7 Å². The van der Waals surface area contributed by atoms with Gasteiger partial charge in [-0.25, -0.2) is 4.98 Å². The minimum atomic E-state index is 0.377. The van der Waals surface area contributed by atoms with Gasteiger partial charge in [-0.2, -0.15) is 0 Å². The van der Waals surface area contributed by atoms with E-state index in [0.717, 1.165) is 13.1 Å². The van der Waals surface area contributed by atoms with E-state index in [9.17, 15) is 0 Å². The molecular formula is C13H24N2S. The van der Waals surface area contributed by atoms with Gasteiger partial charge in [0.05, 0.1) is 5.69 Å². The van der Waals surface area contributed by atoms with E-state index >= 15 is 0 Å². The minimum Gasteiger partial charge on any atom is -0.310 e. The Balaban J connectivity index is 2.36. The zero-order valence-corrected chi connectivity index (χ0v) is 12.2. The van der Waals surface area contributed by atoms with Crippen LogP contribution in [0.1, 0.15) is 43.3 Å². The van der Waals surface area contributed by atoms with Crippen molar-refractivity contribution in [2.45, 2.75) is 48.1 Å². The molecule has 1 heterocycles. The molecule has 1 atom stereocenters. The lowest BCUT2D eigenvalue weighted by atomic mass is 9.82. The highest BCUT2D eigenvalue weighted by atomic mass is 32.1. The first-order chi connectivity index (χ1) is 7.30. The molecule has 0 spiro atoms. The van der Waals surface area contributed by atoms with Crippen LogP contribution < -0.4 is 5.32 Å². The monoisotopic (exact) mass is 240 g/mol. The zero-order valence-electron chi connectivity index (χ0n) is 11.3. The Hall–Kier alpha value is -0.410. The van der Waals surface area contributed by atoms with Gasteiger partial charge in [-0.15, -0.1) is 11.3 Å². The quantitative estimate of drug-likeness (QED) is 0.871. The Morgan fingerprint density at radius 2 is 1.94 bits per heavy atom. The van der Waals surface area contributed by atoms with Crippen LogP contribution in [0.4, 0.5) is 0 Å². The topological polar surface area (TPSA) is 24.9 Å². The van der Waals surface area contributed by atoms with Crippen LogP contribution in [0.25, 0.3) is 0 Å². The maximum absolute atomic E-state index is 4.53. The summed E-state index contributed by atoms with van der Waals surface area (Å²) >= 11 is 1.80. The maximum atomic E-state index is 4.53. The molecule has 1 rings (SSSR count). The Bertz CT molecular complexity index is 317. The molecular weight excluding hydrogens is 216 g/mol. The van der Waals surface area contributed by atoms with E-state index in [1.54, 1.807) is 11.3 Å². The highest BCUT2D eigenvalue weighted by molar-refractivity contribution is 7.11. The second-order valence-electron chi connectivity index (χ2n) is 5.65. The van der Waals surface area contributed by atoms with Crippen molar-refractivity contribution in [1.29, 1.82) is 0 Å². The van der Waals surface area contributed by atoms with Crippen LogP contribution in [0.3, 0.4) is 0 Å². The molecule has 0 aliphatic rings. The lowest BCUT2D eigenvalue weighted by Gasteiger charge is -2.27. The van der Waals surface area contributed by atoms with Crippen LogP contribution in [-0.4, -0.2) is 11.5 Å². The average molecular weight is 240 g/mol. The number of nitrogens with one attached hydrogen (secondary N) is 1. The van der Waals surface area contributed by atoms with Crippen molar-refractivity contribution in [1.82, 2.24) is 10.3 Å². The lowest BCUT2D eigenvalue weighted by Crippen LogP contribution is -2.29. The number of rotatable bonds is 4. The average Bonchev–Trinajstić information content (AvgIpc) is 2.44. The first-order valence-electron chi connectivity index (χ1n) is 5.94. The fourth-order valence-corrected chi connectivity index (χ4v) is 2.22. The van der Waals surface area contributed by atoms with Gasteiger partial charge in [0.15, 0.2) is 0 Å². The Morgan fingerprint density at radius 3 is 2.38 bits per heavy atom. The molecule has 0 radical (unpaired) electrons. The van der Waals surface area contributed by atoms with E-state index in [1.165, 1.54) is 15.6 Å². The summed E-state index contributed by atoms with van der Waals surface area (Å²) < 4.78 is 0. The Morgan fingerprint density at radius 1 is 1.31 bits per heavy atom. The molecule has 0 amide bonds. The fourth-order valence-electron chi connectivity index (χ4n) is 1.32. The van der Waals surface area contributed by atoms with Crippen molar-refractivity contribution in [3.8, 4) is 0 Å². The van der Waals surface area contributed by atoms with E-state index in [-0.39, 0.29) is 0 Å². The summed E-state index contributed by atoms with van der Waals surface area (Å²) in [6.45, 7) is 15.3. The predicted molar refractivity (Wildman–Crippen MR) is 71.9 cm³/mol. The summed E-state index contributed by atoms with van der Waals surface area (Å²) in [5.41, 5.74) is 1.55. The van der Waals surface area contributed by atoms with Crippen molar-refractivity contribution in [2.24, 2.45) is 11.3 Å². The first-order valence-corrected chi connectivity index (χ1v) is 6.76. The number of nitrogens with zero attached hydrogens (tertiary/aromatic N) is 1. The molecule has 2 nitrogen and oxygen atoms in total. The molecule has 0 saturated carbocycles. The smallest absolute Gasteiger partial charge is 0.107 e. The van der Waals surface area contributed by atoms with Crippen molar-refractivity contribution < 1.29 is 0 Å². The molecule has 1 aromatic heterocycles. The predicted octanol–water partition coefficient (Wildman–Crippen LogP) is 3.53. The third-order valence-electron chi connectivity index (χ3n) is 3.28. The van der Waals surface area contributed by atoms with E-state index < -0.39 is 0 Å². The summed E-state index contributed by atoms with van der Waals surface area (Å²) in [6, 6.07) is 0. The largest absolute Gasteiger partial charge is 0.310 e. The van der Waals surface area contributed by atoms with Gasteiger partial charge in [-0.1, -0.05) is 27.7 Å². The van der Waals surface area contributed by atoms with Crippen LogP contribution >= 0.6 is 11.3 Å². The molecule has 3 heteroatoms. The molecule has 92 valence electrons. The summed E-state index contributed by atoms with van der Waals surface area (Å²) in [4.78, 5) is 5.86. The number of hydrogen-bond acceptors (Lipinski definition) is 3. The number of hydrogen-bond donors (Lipinski definition) is 1. The Kier molecular flexibility index (Phi) is 4.51. The SMILES string of the molecule is Cc1nc(CNCC(C)C(C)(C)C)sc1C. The van der Waals surface area contributed by atoms with Crippen molar-refractivity contribution >= 4 is 11.3 Å². The van der Waals surface area contributed by atoms with Crippen LogP contribution in [0.15, 0.2) is 0 Å². The molecule has 1 N–H and O–H groups in total. The highest BCUT2D eigenvalue weighted by Gasteiger charge is 2.19. The summed E-state index contributed by atoms with van der Waals surface area (Å²) in [7, 11) is 0. The van der Waals surface area contributed by atoms with Crippen LogP contribution in [0.2, 0.25) is 0 Å². The lowest BCUT2D eigenvalue weighted by molar-refractivity contribution is 0.252. The highest BCUT2D eigenvalue weighted by Crippen LogP contribution is 2.24. The van der Waals surface area contributed by atoms with Crippen LogP contribution in [0, 0.1) is 25.2 Å². The van der Waals surface area contributed by atoms with Gasteiger partial charge in [0.25, 0.3) is 0 Å². The number of aryl methyl sites for hydroxylation is 2. The molecule has 1 aromatic rings. The van der Waals surface area contributed by atoms with Gasteiger partial charge in [0, 0.05) is 11.4 Å². The van der Waals surface area contributed by atoms with Crippen molar-refractivity contribution in [2.75, 3.05) is 6.54 Å². The van der Waals surface area contributed by atoms with Gasteiger partial charge in [0.2, 0.25) is 0 Å². The molecule has 0 aliphatic heterocycles. The minimum absolute atomic E-state index is 0.377. The first kappa shape index (κ1) is 13.7. The van der Waals surface area contributed by atoms with Crippen molar-refractivity contribution in [3.63, 3.8) is 0 Å². The summed E-state index contributed by atoms with van der Waals surface area (Å²) in [5, 5.41) is 4.70. The molecule has 0 saturated heterocycles. The van der Waals surface area contributed by atoms with Gasteiger partial charge in [0.1, 0.15) is 5.01 Å². The number of thiazole rings is 1. The van der Waals surface area contributed by atoms with E-state index in [2.05, 4.69) is 51.8 Å². The van der Waals surface area contributed by atoms with E-state index in [4.69, 9.17) is 0 Å². The van der Waals surface area contributed by atoms with Crippen LogP contribution in [0.5, 0.6) is 0 Å². The second kappa shape index (κ2) is 5.28. The van der Waals surface area contributed by atoms with Gasteiger partial charge >= 0.3 is 0 Å². The number of aromatic nitrogens is 1. The molecule has 0 aliphatic carbocycles. The molecule has 0 bridgehead atoms. The fraction of sp³-hybridized carbons (Fsp3) is 0.769. The third-order valence-corrected chi connectivity index (χ3v) is 4.35. The second-order valence-corrected chi connectivity index (χ2v) is 6.93. The van der Waals surface area contributed by atoms with E-state index in [0.29, 0.717) is 11.3 Å². The normalized spacial score (nSPS) is 14.1. The summed E-state index contributed by atoms with van der Waals surface area (Å²) in [6.07, 6.45) is 0. The Labute approximate surface area is 103 Å². The molecule has 16 heavy (non-hydrogen) atoms. The zero-order chi connectivity index (χ0) is 12.3. The van der Waals surface area contributed by atoms with Gasteiger partial charge < -0.3 is 5.32 Å².